The van der Waals surface area contributed by atoms with Gasteiger partial charge in [0.2, 0.25) is 0 Å². The van der Waals surface area contributed by atoms with Gasteiger partial charge in [0, 0.05) is 42.3 Å². The van der Waals surface area contributed by atoms with Crippen LogP contribution in [0.15, 0.2) is 79.1 Å². The van der Waals surface area contributed by atoms with E-state index in [0.717, 1.165) is 11.3 Å². The zero-order valence-electron chi connectivity index (χ0n) is 15.1. The van der Waals surface area contributed by atoms with Crippen molar-refractivity contribution < 1.29 is 9.59 Å². The first-order valence-corrected chi connectivity index (χ1v) is 8.83. The second kappa shape index (κ2) is 8.76. The topological polar surface area (TPSA) is 62.3 Å². The highest BCUT2D eigenvalue weighted by atomic mass is 16.2. The number of aromatic nitrogens is 1. The lowest BCUT2D eigenvalue weighted by Crippen LogP contribution is -2.30. The number of nitrogens with zero attached hydrogens (tertiary/aromatic N) is 2. The Balaban J connectivity index is 1.67. The molecule has 0 spiro atoms. The minimum Gasteiger partial charge on any atom is -0.348 e. The van der Waals surface area contributed by atoms with E-state index < -0.39 is 0 Å². The average molecular weight is 359 g/mol. The van der Waals surface area contributed by atoms with Crippen molar-refractivity contribution in [2.45, 2.75) is 13.5 Å². The summed E-state index contributed by atoms with van der Waals surface area (Å²) >= 11 is 0. The monoisotopic (exact) mass is 359 g/mol. The van der Waals surface area contributed by atoms with Gasteiger partial charge in [0.15, 0.2) is 0 Å². The molecule has 0 fully saturated rings. The number of anilines is 1. The Morgan fingerprint density at radius 2 is 1.63 bits per heavy atom. The molecular weight excluding hydrogens is 338 g/mol. The number of rotatable bonds is 6. The van der Waals surface area contributed by atoms with E-state index in [2.05, 4.69) is 10.3 Å². The van der Waals surface area contributed by atoms with E-state index in [9.17, 15) is 9.59 Å². The Labute approximate surface area is 158 Å². The molecule has 2 aromatic carbocycles. The van der Waals surface area contributed by atoms with E-state index in [4.69, 9.17) is 0 Å². The summed E-state index contributed by atoms with van der Waals surface area (Å²) in [5, 5.41) is 2.85. The van der Waals surface area contributed by atoms with Gasteiger partial charge >= 0.3 is 0 Å². The molecule has 0 saturated carbocycles. The summed E-state index contributed by atoms with van der Waals surface area (Å²) in [6.07, 6.45) is 3.40. The van der Waals surface area contributed by atoms with Crippen LogP contribution in [0.4, 0.5) is 5.69 Å². The fourth-order valence-electron chi connectivity index (χ4n) is 2.76. The number of para-hydroxylation sites is 1. The van der Waals surface area contributed by atoms with Gasteiger partial charge in [0.05, 0.1) is 0 Å². The molecule has 3 rings (SSSR count). The van der Waals surface area contributed by atoms with Crippen molar-refractivity contribution in [2.75, 3.05) is 11.4 Å². The van der Waals surface area contributed by atoms with E-state index >= 15 is 0 Å². The van der Waals surface area contributed by atoms with E-state index in [1.54, 1.807) is 41.6 Å². The SMILES string of the molecule is CCN(C(=O)c1ccc(C(=O)NCc2cccnc2)cc1)c1ccccc1. The first kappa shape index (κ1) is 18.3. The molecule has 27 heavy (non-hydrogen) atoms. The molecule has 0 bridgehead atoms. The molecule has 0 unspecified atom stereocenters. The molecule has 1 heterocycles. The van der Waals surface area contributed by atoms with Crippen molar-refractivity contribution in [2.24, 2.45) is 0 Å². The van der Waals surface area contributed by atoms with Gasteiger partial charge in [-0.2, -0.15) is 0 Å². The molecule has 136 valence electrons. The summed E-state index contributed by atoms with van der Waals surface area (Å²) in [6, 6.07) is 20.0. The number of hydrogen-bond donors (Lipinski definition) is 1. The van der Waals surface area contributed by atoms with Crippen LogP contribution in [0.1, 0.15) is 33.2 Å². The summed E-state index contributed by atoms with van der Waals surface area (Å²) in [7, 11) is 0. The largest absolute Gasteiger partial charge is 0.348 e. The number of hydrogen-bond acceptors (Lipinski definition) is 3. The number of carbonyl (C=O) groups is 2. The van der Waals surface area contributed by atoms with Gasteiger partial charge in [0.25, 0.3) is 11.8 Å². The van der Waals surface area contributed by atoms with E-state index in [1.165, 1.54) is 0 Å². The molecule has 5 nitrogen and oxygen atoms in total. The Bertz CT molecular complexity index is 894. The van der Waals surface area contributed by atoms with Gasteiger partial charge in [-0.3, -0.25) is 14.6 Å². The Kier molecular flexibility index (Phi) is 5.94. The van der Waals surface area contributed by atoms with Crippen LogP contribution in [-0.4, -0.2) is 23.3 Å². The third-order valence-electron chi connectivity index (χ3n) is 4.20. The van der Waals surface area contributed by atoms with Crippen LogP contribution in [-0.2, 0) is 6.54 Å². The van der Waals surface area contributed by atoms with Gasteiger partial charge in [-0.1, -0.05) is 24.3 Å². The number of benzene rings is 2. The molecule has 0 saturated heterocycles. The highest BCUT2D eigenvalue weighted by Gasteiger charge is 2.16. The van der Waals surface area contributed by atoms with Crippen LogP contribution < -0.4 is 10.2 Å². The highest BCUT2D eigenvalue weighted by Crippen LogP contribution is 2.17. The third-order valence-corrected chi connectivity index (χ3v) is 4.20. The molecule has 0 radical (unpaired) electrons. The fourth-order valence-corrected chi connectivity index (χ4v) is 2.76. The molecule has 3 aromatic rings. The van der Waals surface area contributed by atoms with Crippen molar-refractivity contribution in [3.8, 4) is 0 Å². The Hall–Kier alpha value is -3.47. The smallest absolute Gasteiger partial charge is 0.258 e. The minimum atomic E-state index is -0.187. The first-order valence-electron chi connectivity index (χ1n) is 8.83. The average Bonchev–Trinajstić information content (AvgIpc) is 2.74. The molecule has 0 aliphatic rings. The lowest BCUT2D eigenvalue weighted by Gasteiger charge is -2.21. The number of carbonyl (C=O) groups excluding carboxylic acids is 2. The van der Waals surface area contributed by atoms with Gasteiger partial charge < -0.3 is 10.2 Å². The van der Waals surface area contributed by atoms with Crippen LogP contribution in [0.25, 0.3) is 0 Å². The minimum absolute atomic E-state index is 0.0916. The Morgan fingerprint density at radius 3 is 2.26 bits per heavy atom. The quantitative estimate of drug-likeness (QED) is 0.730. The second-order valence-electron chi connectivity index (χ2n) is 6.01. The van der Waals surface area contributed by atoms with Crippen molar-refractivity contribution in [1.29, 1.82) is 0 Å². The van der Waals surface area contributed by atoms with E-state index in [-0.39, 0.29) is 11.8 Å². The summed E-state index contributed by atoms with van der Waals surface area (Å²) in [5.74, 6) is -0.278. The van der Waals surface area contributed by atoms with E-state index in [0.29, 0.717) is 24.2 Å². The third kappa shape index (κ3) is 4.58. The maximum atomic E-state index is 12.8. The van der Waals surface area contributed by atoms with Crippen molar-refractivity contribution >= 4 is 17.5 Å². The van der Waals surface area contributed by atoms with Crippen molar-refractivity contribution in [3.05, 3.63) is 95.8 Å². The maximum absolute atomic E-state index is 12.8. The molecule has 0 aliphatic carbocycles. The molecule has 5 heteroatoms. The molecule has 2 amide bonds. The lowest BCUT2D eigenvalue weighted by molar-refractivity contribution is 0.0947. The Morgan fingerprint density at radius 1 is 0.926 bits per heavy atom. The van der Waals surface area contributed by atoms with Crippen LogP contribution in [0.2, 0.25) is 0 Å². The van der Waals surface area contributed by atoms with Gasteiger partial charge in [-0.25, -0.2) is 0 Å². The van der Waals surface area contributed by atoms with Crippen LogP contribution >= 0.6 is 0 Å². The highest BCUT2D eigenvalue weighted by molar-refractivity contribution is 6.06. The number of nitrogens with one attached hydrogen (secondary N) is 1. The predicted molar refractivity (Wildman–Crippen MR) is 106 cm³/mol. The van der Waals surface area contributed by atoms with Crippen LogP contribution in [0, 0.1) is 0 Å². The summed E-state index contributed by atoms with van der Waals surface area (Å²) in [4.78, 5) is 30.8. The predicted octanol–water partition coefficient (Wildman–Crippen LogP) is 3.68. The zero-order chi connectivity index (χ0) is 19.1. The first-order chi connectivity index (χ1) is 13.2. The standard InChI is InChI=1S/C22H21N3O2/c1-2-25(20-8-4-3-5-9-20)22(27)19-12-10-18(11-13-19)21(26)24-16-17-7-6-14-23-15-17/h3-15H,2,16H2,1H3,(H,24,26). The van der Waals surface area contributed by atoms with Gasteiger partial charge in [-0.15, -0.1) is 0 Å². The normalized spacial score (nSPS) is 10.3. The second-order valence-corrected chi connectivity index (χ2v) is 6.01. The molecule has 0 atom stereocenters. The molecular formula is C22H21N3O2. The maximum Gasteiger partial charge on any atom is 0.258 e. The van der Waals surface area contributed by atoms with Gasteiger partial charge in [0.1, 0.15) is 0 Å². The summed E-state index contributed by atoms with van der Waals surface area (Å²) < 4.78 is 0. The fraction of sp³-hybridized carbons (Fsp3) is 0.136. The van der Waals surface area contributed by atoms with Crippen LogP contribution in [0.3, 0.4) is 0 Å². The molecule has 0 aliphatic heterocycles. The number of amides is 2. The van der Waals surface area contributed by atoms with Crippen molar-refractivity contribution in [3.63, 3.8) is 0 Å². The van der Waals surface area contributed by atoms with Crippen molar-refractivity contribution in [1.82, 2.24) is 10.3 Å². The lowest BCUT2D eigenvalue weighted by atomic mass is 10.1. The number of pyridine rings is 1. The summed E-state index contributed by atoms with van der Waals surface area (Å²) in [5.41, 5.74) is 2.84. The molecule has 1 N–H and O–H groups in total. The van der Waals surface area contributed by atoms with Crippen LogP contribution in [0.5, 0.6) is 0 Å². The zero-order valence-corrected chi connectivity index (χ0v) is 15.1. The summed E-state index contributed by atoms with van der Waals surface area (Å²) in [6.45, 7) is 2.91. The van der Waals surface area contributed by atoms with E-state index in [1.807, 2.05) is 49.4 Å². The molecule has 1 aromatic heterocycles. The van der Waals surface area contributed by atoms with Gasteiger partial charge in [-0.05, 0) is 55.0 Å².